The summed E-state index contributed by atoms with van der Waals surface area (Å²) in [5, 5.41) is 11.9. The molecular weight excluding hydrogens is 433 g/mol. The molecule has 1 aromatic heterocycles. The van der Waals surface area contributed by atoms with Gasteiger partial charge in [0.25, 0.3) is 5.91 Å². The zero-order valence-corrected chi connectivity index (χ0v) is 18.8. The number of likely N-dealkylation sites (tertiary alicyclic amines) is 1. The Labute approximate surface area is 191 Å². The number of amides is 1. The van der Waals surface area contributed by atoms with Gasteiger partial charge in [-0.3, -0.25) is 9.69 Å². The van der Waals surface area contributed by atoms with E-state index in [2.05, 4.69) is 20.5 Å². The highest BCUT2D eigenvalue weighted by atomic mass is 35.5. The number of hydrogen-bond acceptors (Lipinski definition) is 5. The van der Waals surface area contributed by atoms with Crippen LogP contribution < -0.4 is 10.1 Å². The lowest BCUT2D eigenvalue weighted by molar-refractivity contribution is 0.0903. The van der Waals surface area contributed by atoms with Gasteiger partial charge in [-0.25, -0.2) is 9.07 Å². The molecule has 0 saturated carbocycles. The van der Waals surface area contributed by atoms with Gasteiger partial charge < -0.3 is 10.1 Å². The largest absolute Gasteiger partial charge is 0.494 e. The summed E-state index contributed by atoms with van der Waals surface area (Å²) in [5.74, 6) is -0.336. The molecular formula is C23H25ClFN5O2. The number of nitrogens with zero attached hydrogens (tertiary/aromatic N) is 4. The summed E-state index contributed by atoms with van der Waals surface area (Å²) >= 11 is 6.06. The van der Waals surface area contributed by atoms with E-state index in [4.69, 9.17) is 16.3 Å². The quantitative estimate of drug-likeness (QED) is 0.610. The number of nitrogens with one attached hydrogen (secondary N) is 1. The van der Waals surface area contributed by atoms with Crippen LogP contribution in [0.2, 0.25) is 5.02 Å². The lowest BCUT2D eigenvalue weighted by Gasteiger charge is -2.32. The Hall–Kier alpha value is -2.97. The number of carbonyl (C=O) groups is 1. The molecule has 0 atom stereocenters. The van der Waals surface area contributed by atoms with Gasteiger partial charge in [-0.1, -0.05) is 28.9 Å². The van der Waals surface area contributed by atoms with Crippen LogP contribution in [-0.2, 0) is 6.54 Å². The fourth-order valence-corrected chi connectivity index (χ4v) is 4.13. The van der Waals surface area contributed by atoms with Crippen molar-refractivity contribution in [2.45, 2.75) is 32.4 Å². The number of carbonyl (C=O) groups excluding carboxylic acids is 1. The molecule has 3 aromatic rings. The Morgan fingerprint density at radius 1 is 1.25 bits per heavy atom. The average Bonchev–Trinajstić information content (AvgIpc) is 3.17. The maximum Gasteiger partial charge on any atom is 0.273 e. The number of ether oxygens (including phenoxy) is 1. The molecule has 1 amide bonds. The maximum absolute atomic E-state index is 13.9. The molecule has 7 nitrogen and oxygen atoms in total. The molecule has 0 aliphatic carbocycles. The molecule has 1 aliphatic heterocycles. The third-order valence-electron chi connectivity index (χ3n) is 5.71. The van der Waals surface area contributed by atoms with Crippen LogP contribution in [-0.4, -0.2) is 52.0 Å². The van der Waals surface area contributed by atoms with Crippen molar-refractivity contribution in [3.05, 3.63) is 70.3 Å². The lowest BCUT2D eigenvalue weighted by Crippen LogP contribution is -2.44. The van der Waals surface area contributed by atoms with E-state index in [0.29, 0.717) is 23.0 Å². The van der Waals surface area contributed by atoms with Crippen LogP contribution in [0.15, 0.2) is 42.5 Å². The smallest absolute Gasteiger partial charge is 0.273 e. The predicted octanol–water partition coefficient (Wildman–Crippen LogP) is 3.77. The molecule has 0 unspecified atom stereocenters. The molecule has 0 radical (unpaired) electrons. The molecule has 1 saturated heterocycles. The van der Waals surface area contributed by atoms with Gasteiger partial charge in [0.15, 0.2) is 17.3 Å². The third kappa shape index (κ3) is 4.92. The van der Waals surface area contributed by atoms with E-state index < -0.39 is 0 Å². The molecule has 1 fully saturated rings. The first-order valence-electron chi connectivity index (χ1n) is 10.5. The Balaban J connectivity index is 1.33. The first-order valence-corrected chi connectivity index (χ1v) is 10.9. The molecule has 32 heavy (non-hydrogen) atoms. The van der Waals surface area contributed by atoms with E-state index in [-0.39, 0.29) is 23.5 Å². The van der Waals surface area contributed by atoms with Crippen molar-refractivity contribution in [2.75, 3.05) is 20.2 Å². The van der Waals surface area contributed by atoms with Crippen LogP contribution in [0.5, 0.6) is 5.75 Å². The van der Waals surface area contributed by atoms with Crippen LogP contribution >= 0.6 is 11.6 Å². The normalized spacial score (nSPS) is 15.0. The fraction of sp³-hybridized carbons (Fsp3) is 0.348. The number of piperidine rings is 1. The highest BCUT2D eigenvalue weighted by Gasteiger charge is 2.24. The zero-order chi connectivity index (χ0) is 22.7. The highest BCUT2D eigenvalue weighted by Crippen LogP contribution is 2.21. The molecule has 1 N–H and O–H groups in total. The summed E-state index contributed by atoms with van der Waals surface area (Å²) in [5.41, 5.74) is 2.62. The minimum absolute atomic E-state index is 0.0575. The fourth-order valence-electron chi connectivity index (χ4n) is 3.95. The van der Waals surface area contributed by atoms with Crippen molar-refractivity contribution in [2.24, 2.45) is 0 Å². The Morgan fingerprint density at radius 3 is 2.72 bits per heavy atom. The van der Waals surface area contributed by atoms with Crippen LogP contribution in [0.4, 0.5) is 4.39 Å². The number of halogens is 2. The molecule has 2 heterocycles. The molecule has 168 valence electrons. The van der Waals surface area contributed by atoms with Crippen molar-refractivity contribution in [3.8, 4) is 11.4 Å². The molecule has 1 aliphatic rings. The van der Waals surface area contributed by atoms with Gasteiger partial charge in [-0.2, -0.15) is 0 Å². The zero-order valence-electron chi connectivity index (χ0n) is 18.0. The second kappa shape index (κ2) is 9.67. The number of aromatic nitrogens is 3. The third-order valence-corrected chi connectivity index (χ3v) is 5.94. The predicted molar refractivity (Wildman–Crippen MR) is 120 cm³/mol. The molecule has 0 spiro atoms. The van der Waals surface area contributed by atoms with Gasteiger partial charge >= 0.3 is 0 Å². The van der Waals surface area contributed by atoms with E-state index in [0.717, 1.165) is 37.2 Å². The second-order valence-corrected chi connectivity index (χ2v) is 8.34. The van der Waals surface area contributed by atoms with Gasteiger partial charge in [0.1, 0.15) is 0 Å². The average molecular weight is 458 g/mol. The SMILES string of the molecule is COc1ccc(CN2CCC(NC(=O)c3nnn(-c4cccc(Cl)c4)c3C)CC2)cc1F. The van der Waals surface area contributed by atoms with E-state index in [1.807, 2.05) is 25.1 Å². The monoisotopic (exact) mass is 457 g/mol. The van der Waals surface area contributed by atoms with Gasteiger partial charge in [0.2, 0.25) is 0 Å². The second-order valence-electron chi connectivity index (χ2n) is 7.91. The summed E-state index contributed by atoms with van der Waals surface area (Å²) < 4.78 is 20.5. The van der Waals surface area contributed by atoms with Gasteiger partial charge in [0, 0.05) is 30.7 Å². The molecule has 9 heteroatoms. The first-order chi connectivity index (χ1) is 15.4. The Kier molecular flexibility index (Phi) is 6.72. The van der Waals surface area contributed by atoms with E-state index >= 15 is 0 Å². The van der Waals surface area contributed by atoms with Crippen molar-refractivity contribution in [1.29, 1.82) is 0 Å². The standard InChI is InChI=1S/C23H25ClFN5O2/c1-15-22(27-28-30(15)19-5-3-4-17(24)13-19)23(31)26-18-8-10-29(11-9-18)14-16-6-7-21(32-2)20(25)12-16/h3-7,12-13,18H,8-11,14H2,1-2H3,(H,26,31). The summed E-state index contributed by atoms with van der Waals surface area (Å²) in [6.07, 6.45) is 1.62. The molecule has 2 aromatic carbocycles. The number of methoxy groups -OCH3 is 1. The Morgan fingerprint density at radius 2 is 2.03 bits per heavy atom. The van der Waals surface area contributed by atoms with Crippen molar-refractivity contribution >= 4 is 17.5 Å². The van der Waals surface area contributed by atoms with Gasteiger partial charge in [-0.05, 0) is 55.7 Å². The number of benzene rings is 2. The topological polar surface area (TPSA) is 72.3 Å². The van der Waals surface area contributed by atoms with E-state index in [9.17, 15) is 9.18 Å². The van der Waals surface area contributed by atoms with Crippen molar-refractivity contribution < 1.29 is 13.9 Å². The Bertz CT molecular complexity index is 1110. The van der Waals surface area contributed by atoms with E-state index in [1.54, 1.807) is 22.9 Å². The highest BCUT2D eigenvalue weighted by molar-refractivity contribution is 6.30. The lowest BCUT2D eigenvalue weighted by atomic mass is 10.0. The first kappa shape index (κ1) is 22.2. The minimum Gasteiger partial charge on any atom is -0.494 e. The van der Waals surface area contributed by atoms with Crippen LogP contribution in [0.1, 0.15) is 34.6 Å². The summed E-state index contributed by atoms with van der Waals surface area (Å²) in [4.78, 5) is 15.1. The maximum atomic E-state index is 13.9. The summed E-state index contributed by atoms with van der Waals surface area (Å²) in [7, 11) is 1.45. The van der Waals surface area contributed by atoms with Gasteiger partial charge in [0.05, 0.1) is 18.5 Å². The van der Waals surface area contributed by atoms with Crippen LogP contribution in [0.3, 0.4) is 0 Å². The number of rotatable bonds is 6. The van der Waals surface area contributed by atoms with Crippen LogP contribution in [0.25, 0.3) is 5.69 Å². The minimum atomic E-state index is -0.353. The molecule has 4 rings (SSSR count). The van der Waals surface area contributed by atoms with E-state index in [1.165, 1.54) is 13.2 Å². The molecule has 0 bridgehead atoms. The van der Waals surface area contributed by atoms with Gasteiger partial charge in [-0.15, -0.1) is 5.10 Å². The summed E-state index contributed by atoms with van der Waals surface area (Å²) in [6.45, 7) is 4.10. The van der Waals surface area contributed by atoms with Crippen molar-refractivity contribution in [3.63, 3.8) is 0 Å². The summed E-state index contributed by atoms with van der Waals surface area (Å²) in [6, 6.07) is 12.3. The number of hydrogen-bond donors (Lipinski definition) is 1. The van der Waals surface area contributed by atoms with Crippen LogP contribution in [0, 0.1) is 12.7 Å². The van der Waals surface area contributed by atoms with Crippen molar-refractivity contribution in [1.82, 2.24) is 25.2 Å².